The van der Waals surface area contributed by atoms with E-state index in [1.54, 1.807) is 13.0 Å². The van der Waals surface area contributed by atoms with Crippen LogP contribution in [-0.4, -0.2) is 16.8 Å². The number of nitrogens with zero attached hydrogens (tertiary/aromatic N) is 2. The van der Waals surface area contributed by atoms with E-state index < -0.39 is 17.5 Å². The minimum atomic E-state index is -0.703. The van der Waals surface area contributed by atoms with Gasteiger partial charge in [-0.3, -0.25) is 14.5 Å². The summed E-state index contributed by atoms with van der Waals surface area (Å²) in [5, 5.41) is 3.71. The number of halogens is 1. The molecule has 1 aromatic heterocycles. The highest BCUT2D eigenvalue weighted by atomic mass is 19.1. The number of ketones is 1. The van der Waals surface area contributed by atoms with E-state index in [0.717, 1.165) is 6.07 Å². The minimum absolute atomic E-state index is 0.0845. The molecule has 1 amide bonds. The Labute approximate surface area is 107 Å². The second kappa shape index (κ2) is 4.01. The number of carbonyl (C=O) groups is 2. The van der Waals surface area contributed by atoms with Gasteiger partial charge in [0.1, 0.15) is 5.82 Å². The van der Waals surface area contributed by atoms with E-state index in [4.69, 9.17) is 4.52 Å². The van der Waals surface area contributed by atoms with Crippen LogP contribution in [-0.2, 0) is 11.3 Å². The maximum absolute atomic E-state index is 13.1. The number of hydrogen-bond acceptors (Lipinski definition) is 4. The molecule has 19 heavy (non-hydrogen) atoms. The van der Waals surface area contributed by atoms with Crippen molar-refractivity contribution in [3.63, 3.8) is 0 Å². The van der Waals surface area contributed by atoms with Gasteiger partial charge < -0.3 is 4.52 Å². The molecule has 0 radical (unpaired) electrons. The monoisotopic (exact) mass is 260 g/mol. The van der Waals surface area contributed by atoms with Crippen LogP contribution in [0.5, 0.6) is 0 Å². The topological polar surface area (TPSA) is 63.4 Å². The molecule has 96 valence electrons. The van der Waals surface area contributed by atoms with Gasteiger partial charge in [-0.25, -0.2) is 4.39 Å². The van der Waals surface area contributed by atoms with Gasteiger partial charge in [0.25, 0.3) is 11.7 Å². The highest BCUT2D eigenvalue weighted by molar-refractivity contribution is 6.52. The SMILES string of the molecule is Cc1cc(CN2C(=O)C(=O)c3cc(F)ccc32)on1. The number of aryl methyl sites for hydroxylation is 1. The molecular weight excluding hydrogens is 251 g/mol. The standard InChI is InChI=1S/C13H9FN2O3/c1-7-4-9(19-15-7)6-16-11-3-2-8(14)5-10(11)12(17)13(16)18/h2-5H,6H2,1H3. The summed E-state index contributed by atoms with van der Waals surface area (Å²) in [6, 6.07) is 5.38. The number of benzene rings is 1. The molecule has 2 heterocycles. The smallest absolute Gasteiger partial charge is 0.299 e. The van der Waals surface area contributed by atoms with Crippen LogP contribution in [0, 0.1) is 12.7 Å². The van der Waals surface area contributed by atoms with Crippen molar-refractivity contribution in [3.8, 4) is 0 Å². The Kier molecular flexibility index (Phi) is 2.45. The summed E-state index contributed by atoms with van der Waals surface area (Å²) in [7, 11) is 0. The molecule has 0 spiro atoms. The highest BCUT2D eigenvalue weighted by Gasteiger charge is 2.36. The molecule has 5 nitrogen and oxygen atoms in total. The summed E-state index contributed by atoms with van der Waals surface area (Å²) in [4.78, 5) is 24.9. The molecule has 0 unspecified atom stereocenters. The fraction of sp³-hybridized carbons (Fsp3) is 0.154. The lowest BCUT2D eigenvalue weighted by Gasteiger charge is -2.13. The normalized spacial score (nSPS) is 14.1. The number of carbonyl (C=O) groups excluding carboxylic acids is 2. The Morgan fingerprint density at radius 3 is 2.79 bits per heavy atom. The lowest BCUT2D eigenvalue weighted by atomic mass is 10.1. The molecule has 0 saturated carbocycles. The predicted molar refractivity (Wildman–Crippen MR) is 63.2 cm³/mol. The van der Waals surface area contributed by atoms with E-state index >= 15 is 0 Å². The van der Waals surface area contributed by atoms with Crippen molar-refractivity contribution in [2.75, 3.05) is 4.90 Å². The molecule has 6 heteroatoms. The highest BCUT2D eigenvalue weighted by Crippen LogP contribution is 2.30. The fourth-order valence-corrected chi connectivity index (χ4v) is 2.08. The van der Waals surface area contributed by atoms with Gasteiger partial charge in [-0.15, -0.1) is 0 Å². The van der Waals surface area contributed by atoms with Crippen molar-refractivity contribution in [1.29, 1.82) is 0 Å². The maximum atomic E-state index is 13.1. The Balaban J connectivity index is 1.99. The zero-order valence-electron chi connectivity index (χ0n) is 10.0. The van der Waals surface area contributed by atoms with Gasteiger partial charge >= 0.3 is 0 Å². The first-order chi connectivity index (χ1) is 9.06. The molecule has 1 aliphatic rings. The van der Waals surface area contributed by atoms with Gasteiger partial charge in [-0.1, -0.05) is 5.16 Å². The summed E-state index contributed by atoms with van der Waals surface area (Å²) in [5.41, 5.74) is 1.17. The second-order valence-corrected chi connectivity index (χ2v) is 4.32. The van der Waals surface area contributed by atoms with Crippen molar-refractivity contribution in [3.05, 3.63) is 47.1 Å². The molecule has 0 N–H and O–H groups in total. The molecular formula is C13H9FN2O3. The van der Waals surface area contributed by atoms with Gasteiger partial charge in [0.2, 0.25) is 0 Å². The van der Waals surface area contributed by atoms with Crippen LogP contribution in [0.25, 0.3) is 0 Å². The van der Waals surface area contributed by atoms with Gasteiger partial charge in [0.05, 0.1) is 23.5 Å². The minimum Gasteiger partial charge on any atom is -0.359 e. The zero-order chi connectivity index (χ0) is 13.6. The van der Waals surface area contributed by atoms with Gasteiger partial charge in [0, 0.05) is 6.07 Å². The van der Waals surface area contributed by atoms with Crippen LogP contribution in [0.2, 0.25) is 0 Å². The molecule has 0 bridgehead atoms. The molecule has 0 atom stereocenters. The van der Waals surface area contributed by atoms with Crippen LogP contribution in [0.1, 0.15) is 21.8 Å². The molecule has 1 aromatic carbocycles. The first-order valence-electron chi connectivity index (χ1n) is 5.64. The number of hydrogen-bond donors (Lipinski definition) is 0. The number of amides is 1. The average Bonchev–Trinajstić information content (AvgIpc) is 2.88. The Morgan fingerprint density at radius 1 is 1.32 bits per heavy atom. The third-order valence-electron chi connectivity index (χ3n) is 2.92. The number of Topliss-reactive ketones (excluding diaryl/α,β-unsaturated/α-hetero) is 1. The van der Waals surface area contributed by atoms with E-state index in [1.165, 1.54) is 17.0 Å². The number of aromatic nitrogens is 1. The van der Waals surface area contributed by atoms with E-state index in [1.807, 2.05) is 0 Å². The van der Waals surface area contributed by atoms with Gasteiger partial charge in [-0.05, 0) is 25.1 Å². The van der Waals surface area contributed by atoms with E-state index in [9.17, 15) is 14.0 Å². The second-order valence-electron chi connectivity index (χ2n) is 4.32. The maximum Gasteiger partial charge on any atom is 0.299 e. The van der Waals surface area contributed by atoms with Crippen LogP contribution < -0.4 is 4.90 Å². The zero-order valence-corrected chi connectivity index (χ0v) is 10.0. The summed E-state index contributed by atoms with van der Waals surface area (Å²) in [6.45, 7) is 1.86. The number of rotatable bonds is 2. The van der Waals surface area contributed by atoms with Crippen molar-refractivity contribution in [2.45, 2.75) is 13.5 Å². The summed E-state index contributed by atoms with van der Waals surface area (Å²) in [6.07, 6.45) is 0. The molecule has 0 saturated heterocycles. The van der Waals surface area contributed by atoms with Crippen LogP contribution in [0.3, 0.4) is 0 Å². The van der Waals surface area contributed by atoms with Crippen LogP contribution in [0.4, 0.5) is 10.1 Å². The predicted octanol–water partition coefficient (Wildman–Crippen LogP) is 1.85. The Bertz CT molecular complexity index is 693. The van der Waals surface area contributed by atoms with E-state index in [2.05, 4.69) is 5.16 Å². The van der Waals surface area contributed by atoms with Crippen molar-refractivity contribution >= 4 is 17.4 Å². The van der Waals surface area contributed by atoms with Crippen molar-refractivity contribution < 1.29 is 18.5 Å². The van der Waals surface area contributed by atoms with Crippen LogP contribution >= 0.6 is 0 Å². The van der Waals surface area contributed by atoms with Crippen LogP contribution in [0.15, 0.2) is 28.8 Å². The summed E-state index contributed by atoms with van der Waals surface area (Å²) < 4.78 is 18.1. The number of fused-ring (bicyclic) bond motifs is 1. The molecule has 1 aliphatic heterocycles. The third-order valence-corrected chi connectivity index (χ3v) is 2.92. The molecule has 0 aliphatic carbocycles. The third kappa shape index (κ3) is 1.81. The molecule has 0 fully saturated rings. The first kappa shape index (κ1) is 11.6. The lowest BCUT2D eigenvalue weighted by molar-refractivity contribution is -0.114. The largest absolute Gasteiger partial charge is 0.359 e. The molecule has 3 rings (SSSR count). The fourth-order valence-electron chi connectivity index (χ4n) is 2.08. The Morgan fingerprint density at radius 2 is 2.11 bits per heavy atom. The molecule has 2 aromatic rings. The quantitative estimate of drug-likeness (QED) is 0.773. The van der Waals surface area contributed by atoms with Crippen molar-refractivity contribution in [2.24, 2.45) is 0 Å². The van der Waals surface area contributed by atoms with E-state index in [0.29, 0.717) is 17.1 Å². The first-order valence-corrected chi connectivity index (χ1v) is 5.64. The summed E-state index contributed by atoms with van der Waals surface area (Å²) in [5.74, 6) is -1.46. The van der Waals surface area contributed by atoms with Gasteiger partial charge in [0.15, 0.2) is 5.76 Å². The average molecular weight is 260 g/mol. The number of anilines is 1. The Hall–Kier alpha value is -2.50. The lowest BCUT2D eigenvalue weighted by Crippen LogP contribution is -2.28. The van der Waals surface area contributed by atoms with Crippen molar-refractivity contribution in [1.82, 2.24) is 5.16 Å². The van der Waals surface area contributed by atoms with E-state index in [-0.39, 0.29) is 12.1 Å². The van der Waals surface area contributed by atoms with Gasteiger partial charge in [-0.2, -0.15) is 0 Å². The summed E-state index contributed by atoms with van der Waals surface area (Å²) >= 11 is 0.